The average molecular weight is 315 g/mol. The van der Waals surface area contributed by atoms with Gasteiger partial charge in [0.05, 0.1) is 20.5 Å². The fourth-order valence-corrected chi connectivity index (χ4v) is 2.33. The molecular formula is C12H11BrO5. The van der Waals surface area contributed by atoms with Gasteiger partial charge in [-0.15, -0.1) is 0 Å². The van der Waals surface area contributed by atoms with Gasteiger partial charge in [0.15, 0.2) is 17.4 Å². The van der Waals surface area contributed by atoms with E-state index in [4.69, 9.17) is 9.15 Å². The lowest BCUT2D eigenvalue weighted by Crippen LogP contribution is -2.14. The molecule has 1 heterocycles. The monoisotopic (exact) mass is 314 g/mol. The summed E-state index contributed by atoms with van der Waals surface area (Å²) in [6.45, 7) is 0. The first-order valence-corrected chi connectivity index (χ1v) is 5.89. The van der Waals surface area contributed by atoms with Crippen LogP contribution in [0.2, 0.25) is 0 Å². The Morgan fingerprint density at radius 1 is 1.50 bits per heavy atom. The van der Waals surface area contributed by atoms with Crippen LogP contribution in [0.1, 0.15) is 11.7 Å². The van der Waals surface area contributed by atoms with Crippen molar-refractivity contribution < 1.29 is 23.8 Å². The molecule has 0 aliphatic heterocycles. The summed E-state index contributed by atoms with van der Waals surface area (Å²) in [5.41, 5.74) is 0.915. The number of aliphatic hydroxyl groups excluding tert-OH is 1. The van der Waals surface area contributed by atoms with Gasteiger partial charge in [0.25, 0.3) is 0 Å². The molecule has 1 aromatic carbocycles. The van der Waals surface area contributed by atoms with E-state index in [9.17, 15) is 9.90 Å². The summed E-state index contributed by atoms with van der Waals surface area (Å²) >= 11 is 3.34. The molecule has 0 bridgehead atoms. The van der Waals surface area contributed by atoms with E-state index in [0.717, 1.165) is 0 Å². The van der Waals surface area contributed by atoms with E-state index in [1.807, 2.05) is 0 Å². The fourth-order valence-electron chi connectivity index (χ4n) is 1.69. The number of esters is 1. The Kier molecular flexibility index (Phi) is 3.58. The van der Waals surface area contributed by atoms with Crippen LogP contribution in [0.5, 0.6) is 5.75 Å². The molecule has 0 amide bonds. The van der Waals surface area contributed by atoms with Gasteiger partial charge in [-0.3, -0.25) is 0 Å². The maximum atomic E-state index is 11.4. The van der Waals surface area contributed by atoms with Crippen LogP contribution in [0.25, 0.3) is 11.0 Å². The minimum Gasteiger partial charge on any atom is -0.493 e. The third-order valence-electron chi connectivity index (χ3n) is 2.60. The molecule has 1 N–H and O–H groups in total. The first-order valence-electron chi connectivity index (χ1n) is 5.09. The van der Waals surface area contributed by atoms with Gasteiger partial charge in [0, 0.05) is 15.4 Å². The summed E-state index contributed by atoms with van der Waals surface area (Å²) in [5.74, 6) is -0.295. The number of furan rings is 1. The van der Waals surface area contributed by atoms with Crippen LogP contribution >= 0.6 is 15.9 Å². The van der Waals surface area contributed by atoms with Crippen LogP contribution in [0.15, 0.2) is 27.3 Å². The molecule has 0 radical (unpaired) electrons. The van der Waals surface area contributed by atoms with E-state index in [0.29, 0.717) is 26.8 Å². The molecule has 0 saturated heterocycles. The van der Waals surface area contributed by atoms with Gasteiger partial charge in [-0.25, -0.2) is 4.79 Å². The quantitative estimate of drug-likeness (QED) is 0.881. The number of halogens is 1. The van der Waals surface area contributed by atoms with E-state index in [2.05, 4.69) is 20.7 Å². The highest BCUT2D eigenvalue weighted by Crippen LogP contribution is 2.38. The van der Waals surface area contributed by atoms with Crippen LogP contribution in [-0.2, 0) is 9.53 Å². The number of fused-ring (bicyclic) bond motifs is 1. The fraction of sp³-hybridized carbons (Fsp3) is 0.250. The summed E-state index contributed by atoms with van der Waals surface area (Å²) in [7, 11) is 2.70. The molecule has 18 heavy (non-hydrogen) atoms. The normalized spacial score (nSPS) is 12.4. The largest absolute Gasteiger partial charge is 0.493 e. The molecule has 96 valence electrons. The molecule has 2 rings (SSSR count). The Morgan fingerprint density at radius 3 is 2.83 bits per heavy atom. The van der Waals surface area contributed by atoms with E-state index >= 15 is 0 Å². The highest BCUT2D eigenvalue weighted by Gasteiger charge is 2.24. The first kappa shape index (κ1) is 12.9. The average Bonchev–Trinajstić information content (AvgIpc) is 2.87. The van der Waals surface area contributed by atoms with Crippen LogP contribution in [0, 0.1) is 0 Å². The predicted molar refractivity (Wildman–Crippen MR) is 67.4 cm³/mol. The lowest BCUT2D eigenvalue weighted by molar-refractivity contribution is -0.150. The summed E-state index contributed by atoms with van der Waals surface area (Å²) < 4.78 is 15.5. The molecule has 1 atom stereocenters. The molecule has 5 nitrogen and oxygen atoms in total. The summed E-state index contributed by atoms with van der Waals surface area (Å²) in [4.78, 5) is 11.4. The predicted octanol–water partition coefficient (Wildman–Crippen LogP) is 2.41. The number of hydrogen-bond donors (Lipinski definition) is 1. The van der Waals surface area contributed by atoms with Gasteiger partial charge >= 0.3 is 5.97 Å². The molecule has 0 aliphatic carbocycles. The van der Waals surface area contributed by atoms with Crippen molar-refractivity contribution in [2.24, 2.45) is 0 Å². The van der Waals surface area contributed by atoms with Crippen molar-refractivity contribution in [1.29, 1.82) is 0 Å². The van der Waals surface area contributed by atoms with Gasteiger partial charge in [-0.2, -0.15) is 0 Å². The number of rotatable bonds is 3. The van der Waals surface area contributed by atoms with E-state index < -0.39 is 12.1 Å². The number of carbonyl (C=O) groups is 1. The smallest absolute Gasteiger partial charge is 0.339 e. The van der Waals surface area contributed by atoms with E-state index in [1.165, 1.54) is 26.5 Å². The molecule has 1 aromatic heterocycles. The van der Waals surface area contributed by atoms with Crippen molar-refractivity contribution in [1.82, 2.24) is 0 Å². The van der Waals surface area contributed by atoms with Crippen molar-refractivity contribution in [3.05, 3.63) is 28.4 Å². The number of hydrogen-bond acceptors (Lipinski definition) is 5. The number of methoxy groups -OCH3 is 2. The maximum Gasteiger partial charge on any atom is 0.339 e. The van der Waals surface area contributed by atoms with Gasteiger partial charge in [-0.05, 0) is 28.1 Å². The first-order chi connectivity index (χ1) is 8.60. The molecule has 0 aliphatic rings. The molecule has 6 heteroatoms. The van der Waals surface area contributed by atoms with Crippen molar-refractivity contribution >= 4 is 32.9 Å². The third-order valence-corrected chi connectivity index (χ3v) is 3.49. The van der Waals surface area contributed by atoms with Gasteiger partial charge in [-0.1, -0.05) is 0 Å². The zero-order valence-corrected chi connectivity index (χ0v) is 11.4. The highest BCUT2D eigenvalue weighted by molar-refractivity contribution is 9.10. The zero-order chi connectivity index (χ0) is 13.3. The summed E-state index contributed by atoms with van der Waals surface area (Å²) in [6, 6.07) is 3.26. The Hall–Kier alpha value is -1.53. The topological polar surface area (TPSA) is 68.9 Å². The van der Waals surface area contributed by atoms with Crippen LogP contribution in [-0.4, -0.2) is 25.3 Å². The second-order valence-corrected chi connectivity index (χ2v) is 4.36. The number of aliphatic hydroxyl groups is 1. The minimum absolute atomic E-state index is 0.368. The lowest BCUT2D eigenvalue weighted by Gasteiger charge is -2.13. The molecular weight excluding hydrogens is 304 g/mol. The standard InChI is InChI=1S/C12H11BrO5/c1-16-8-5-7(10(14)12(15)17-2)9(13)6-3-4-18-11(6)8/h3-5,10,14H,1-2H3. The Morgan fingerprint density at radius 2 is 2.22 bits per heavy atom. The maximum absolute atomic E-state index is 11.4. The van der Waals surface area contributed by atoms with Crippen molar-refractivity contribution in [2.45, 2.75) is 6.10 Å². The minimum atomic E-state index is -1.38. The van der Waals surface area contributed by atoms with Crippen LogP contribution in [0.3, 0.4) is 0 Å². The Balaban J connectivity index is 2.64. The molecule has 0 spiro atoms. The Labute approximate surface area is 111 Å². The van der Waals surface area contributed by atoms with Gasteiger partial charge in [0.2, 0.25) is 0 Å². The summed E-state index contributed by atoms with van der Waals surface area (Å²) in [6.07, 6.45) is 0.129. The van der Waals surface area contributed by atoms with Crippen molar-refractivity contribution in [2.75, 3.05) is 14.2 Å². The summed E-state index contributed by atoms with van der Waals surface area (Å²) in [5, 5.41) is 10.6. The van der Waals surface area contributed by atoms with Gasteiger partial charge in [0.1, 0.15) is 0 Å². The lowest BCUT2D eigenvalue weighted by atomic mass is 10.1. The number of carbonyl (C=O) groups excluding carboxylic acids is 1. The van der Waals surface area contributed by atoms with Crippen molar-refractivity contribution in [3.63, 3.8) is 0 Å². The highest BCUT2D eigenvalue weighted by atomic mass is 79.9. The molecule has 0 fully saturated rings. The molecule has 2 aromatic rings. The van der Waals surface area contributed by atoms with E-state index in [1.54, 1.807) is 6.07 Å². The Bertz CT molecular complexity index is 589. The SMILES string of the molecule is COC(=O)C(O)c1cc(OC)c2occc2c1Br. The third kappa shape index (κ3) is 1.97. The van der Waals surface area contributed by atoms with Crippen molar-refractivity contribution in [3.8, 4) is 5.75 Å². The van der Waals surface area contributed by atoms with Gasteiger partial charge < -0.3 is 19.0 Å². The zero-order valence-electron chi connectivity index (χ0n) is 9.77. The van der Waals surface area contributed by atoms with E-state index in [-0.39, 0.29) is 0 Å². The van der Waals surface area contributed by atoms with Crippen LogP contribution < -0.4 is 4.74 Å². The number of ether oxygens (including phenoxy) is 2. The molecule has 1 unspecified atom stereocenters. The molecule has 0 saturated carbocycles. The second kappa shape index (κ2) is 4.99. The number of benzene rings is 1. The second-order valence-electron chi connectivity index (χ2n) is 3.57. The van der Waals surface area contributed by atoms with Crippen LogP contribution in [0.4, 0.5) is 0 Å².